The maximum Gasteiger partial charge on any atom is 0.267 e. The zero-order chi connectivity index (χ0) is 16.2. The van der Waals surface area contributed by atoms with Crippen LogP contribution in [0.4, 0.5) is 0 Å². The van der Waals surface area contributed by atoms with Gasteiger partial charge in [-0.05, 0) is 38.0 Å². The van der Waals surface area contributed by atoms with Crippen molar-refractivity contribution < 1.29 is 4.79 Å². The van der Waals surface area contributed by atoms with Crippen LogP contribution in [-0.2, 0) is 4.79 Å². The minimum atomic E-state index is -0.634. The van der Waals surface area contributed by atoms with Gasteiger partial charge in [0.2, 0.25) is 5.91 Å². The van der Waals surface area contributed by atoms with E-state index in [1.807, 2.05) is 12.1 Å². The van der Waals surface area contributed by atoms with Crippen LogP contribution in [0.15, 0.2) is 41.5 Å². The van der Waals surface area contributed by atoms with E-state index in [1.165, 1.54) is 10.7 Å². The summed E-state index contributed by atoms with van der Waals surface area (Å²) >= 11 is 0. The molecule has 1 amide bonds. The SMILES string of the molecule is CC(C(=O)NC1CCCC1)n1nc(-c2ccncc2)ccc1=O. The van der Waals surface area contributed by atoms with Gasteiger partial charge in [-0.3, -0.25) is 14.6 Å². The van der Waals surface area contributed by atoms with Crippen LogP contribution in [-0.4, -0.2) is 26.7 Å². The molecule has 2 aromatic heterocycles. The van der Waals surface area contributed by atoms with E-state index >= 15 is 0 Å². The fourth-order valence-corrected chi connectivity index (χ4v) is 2.88. The molecule has 0 aliphatic heterocycles. The second kappa shape index (κ2) is 6.73. The first-order valence-electron chi connectivity index (χ1n) is 7.96. The van der Waals surface area contributed by atoms with Crippen LogP contribution in [0.2, 0.25) is 0 Å². The molecule has 0 radical (unpaired) electrons. The Labute approximate surface area is 134 Å². The van der Waals surface area contributed by atoms with Gasteiger partial charge in [0, 0.05) is 30.1 Å². The summed E-state index contributed by atoms with van der Waals surface area (Å²) in [7, 11) is 0. The topological polar surface area (TPSA) is 76.9 Å². The minimum absolute atomic E-state index is 0.154. The lowest BCUT2D eigenvalue weighted by Crippen LogP contribution is -2.40. The van der Waals surface area contributed by atoms with Crippen molar-refractivity contribution in [3.05, 3.63) is 47.0 Å². The molecule has 1 fully saturated rings. The molecule has 0 saturated heterocycles. The molecule has 23 heavy (non-hydrogen) atoms. The molecule has 1 saturated carbocycles. The Morgan fingerprint density at radius 1 is 1.22 bits per heavy atom. The Kier molecular flexibility index (Phi) is 4.50. The van der Waals surface area contributed by atoms with Crippen molar-refractivity contribution in [2.75, 3.05) is 0 Å². The number of carbonyl (C=O) groups excluding carboxylic acids is 1. The predicted octanol–water partition coefficient (Wildman–Crippen LogP) is 1.93. The molecule has 6 heteroatoms. The standard InChI is InChI=1S/C17H20N4O2/c1-12(17(23)19-14-4-2-3-5-14)21-16(22)7-6-15(20-21)13-8-10-18-11-9-13/h6-12,14H,2-5H2,1H3,(H,19,23). The lowest BCUT2D eigenvalue weighted by molar-refractivity contribution is -0.124. The summed E-state index contributed by atoms with van der Waals surface area (Å²) in [5, 5.41) is 7.37. The normalized spacial score (nSPS) is 16.2. The van der Waals surface area contributed by atoms with Crippen LogP contribution >= 0.6 is 0 Å². The zero-order valence-corrected chi connectivity index (χ0v) is 13.1. The van der Waals surface area contributed by atoms with E-state index in [0.29, 0.717) is 5.69 Å². The maximum absolute atomic E-state index is 12.4. The lowest BCUT2D eigenvalue weighted by Gasteiger charge is -2.18. The fourth-order valence-electron chi connectivity index (χ4n) is 2.88. The zero-order valence-electron chi connectivity index (χ0n) is 13.1. The van der Waals surface area contributed by atoms with E-state index in [1.54, 1.807) is 25.4 Å². The van der Waals surface area contributed by atoms with Crippen LogP contribution in [0, 0.1) is 0 Å². The van der Waals surface area contributed by atoms with E-state index < -0.39 is 6.04 Å². The summed E-state index contributed by atoms with van der Waals surface area (Å²) in [6.07, 6.45) is 7.66. The van der Waals surface area contributed by atoms with Gasteiger partial charge in [-0.15, -0.1) is 0 Å². The smallest absolute Gasteiger partial charge is 0.267 e. The third-order valence-corrected chi connectivity index (χ3v) is 4.25. The number of nitrogens with one attached hydrogen (secondary N) is 1. The molecule has 1 aliphatic rings. The van der Waals surface area contributed by atoms with Gasteiger partial charge in [-0.2, -0.15) is 5.10 Å². The molecule has 2 heterocycles. The molecule has 1 aliphatic carbocycles. The van der Waals surface area contributed by atoms with Crippen molar-refractivity contribution in [1.82, 2.24) is 20.1 Å². The average molecular weight is 312 g/mol. The van der Waals surface area contributed by atoms with Crippen LogP contribution < -0.4 is 10.9 Å². The first-order chi connectivity index (χ1) is 11.1. The molecule has 0 aromatic carbocycles. The highest BCUT2D eigenvalue weighted by molar-refractivity contribution is 5.80. The Morgan fingerprint density at radius 2 is 1.91 bits per heavy atom. The molecule has 3 rings (SSSR count). The van der Waals surface area contributed by atoms with E-state index in [9.17, 15) is 9.59 Å². The quantitative estimate of drug-likeness (QED) is 0.936. The third-order valence-electron chi connectivity index (χ3n) is 4.25. The van der Waals surface area contributed by atoms with Crippen LogP contribution in [0.1, 0.15) is 38.6 Å². The van der Waals surface area contributed by atoms with Gasteiger partial charge in [-0.25, -0.2) is 4.68 Å². The molecular weight excluding hydrogens is 292 g/mol. The Balaban J connectivity index is 1.83. The second-order valence-corrected chi connectivity index (χ2v) is 5.90. The summed E-state index contributed by atoms with van der Waals surface area (Å²) in [6, 6.07) is 6.34. The second-order valence-electron chi connectivity index (χ2n) is 5.90. The number of nitrogens with zero attached hydrogens (tertiary/aromatic N) is 3. The van der Waals surface area contributed by atoms with Gasteiger partial charge in [-0.1, -0.05) is 12.8 Å². The number of aromatic nitrogens is 3. The van der Waals surface area contributed by atoms with Crippen molar-refractivity contribution in [1.29, 1.82) is 0 Å². The Bertz CT molecular complexity index is 736. The van der Waals surface area contributed by atoms with Gasteiger partial charge in [0.1, 0.15) is 6.04 Å². The van der Waals surface area contributed by atoms with Gasteiger partial charge >= 0.3 is 0 Å². The van der Waals surface area contributed by atoms with Gasteiger partial charge < -0.3 is 5.32 Å². The molecule has 0 spiro atoms. The van der Waals surface area contributed by atoms with E-state index in [0.717, 1.165) is 31.2 Å². The van der Waals surface area contributed by atoms with E-state index in [2.05, 4.69) is 15.4 Å². The monoisotopic (exact) mass is 312 g/mol. The number of carbonyl (C=O) groups is 1. The van der Waals surface area contributed by atoms with Crippen LogP contribution in [0.5, 0.6) is 0 Å². The van der Waals surface area contributed by atoms with Crippen molar-refractivity contribution in [3.8, 4) is 11.3 Å². The molecule has 6 nitrogen and oxygen atoms in total. The summed E-state index contributed by atoms with van der Waals surface area (Å²) in [6.45, 7) is 1.70. The highest BCUT2D eigenvalue weighted by Crippen LogP contribution is 2.19. The number of hydrogen-bond donors (Lipinski definition) is 1. The maximum atomic E-state index is 12.4. The lowest BCUT2D eigenvalue weighted by atomic mass is 10.2. The summed E-state index contributed by atoms with van der Waals surface area (Å²) in [4.78, 5) is 28.4. The van der Waals surface area contributed by atoms with Crippen molar-refractivity contribution >= 4 is 5.91 Å². The largest absolute Gasteiger partial charge is 0.352 e. The highest BCUT2D eigenvalue weighted by atomic mass is 16.2. The molecule has 2 aromatic rings. The number of rotatable bonds is 4. The number of hydrogen-bond acceptors (Lipinski definition) is 4. The molecule has 0 bridgehead atoms. The van der Waals surface area contributed by atoms with E-state index in [4.69, 9.17) is 0 Å². The molecule has 120 valence electrons. The highest BCUT2D eigenvalue weighted by Gasteiger charge is 2.23. The van der Waals surface area contributed by atoms with Gasteiger partial charge in [0.05, 0.1) is 5.69 Å². The van der Waals surface area contributed by atoms with Crippen molar-refractivity contribution in [2.45, 2.75) is 44.7 Å². The molecule has 1 atom stereocenters. The third kappa shape index (κ3) is 3.47. The van der Waals surface area contributed by atoms with Crippen molar-refractivity contribution in [2.24, 2.45) is 0 Å². The first-order valence-corrected chi connectivity index (χ1v) is 7.96. The van der Waals surface area contributed by atoms with Gasteiger partial charge in [0.25, 0.3) is 5.56 Å². The molecule has 1 N–H and O–H groups in total. The van der Waals surface area contributed by atoms with Crippen LogP contribution in [0.25, 0.3) is 11.3 Å². The summed E-state index contributed by atoms with van der Waals surface area (Å²) in [5.74, 6) is -0.154. The molecular formula is C17H20N4O2. The summed E-state index contributed by atoms with van der Waals surface area (Å²) < 4.78 is 1.25. The predicted molar refractivity (Wildman–Crippen MR) is 86.8 cm³/mol. The van der Waals surface area contributed by atoms with E-state index in [-0.39, 0.29) is 17.5 Å². The fraction of sp³-hybridized carbons (Fsp3) is 0.412. The van der Waals surface area contributed by atoms with Crippen LogP contribution in [0.3, 0.4) is 0 Å². The Morgan fingerprint density at radius 3 is 2.61 bits per heavy atom. The summed E-state index contributed by atoms with van der Waals surface area (Å²) in [5.41, 5.74) is 1.22. The average Bonchev–Trinajstić information content (AvgIpc) is 3.08. The minimum Gasteiger partial charge on any atom is -0.352 e. The number of amides is 1. The Hall–Kier alpha value is -2.50. The molecule has 1 unspecified atom stereocenters. The number of pyridine rings is 1. The van der Waals surface area contributed by atoms with Crippen molar-refractivity contribution in [3.63, 3.8) is 0 Å². The first kappa shape index (κ1) is 15.4. The van der Waals surface area contributed by atoms with Gasteiger partial charge in [0.15, 0.2) is 0 Å².